The smallest absolute Gasteiger partial charge is 0.254 e. The molecule has 2 rings (SSSR count). The van der Waals surface area contributed by atoms with Gasteiger partial charge in [0.05, 0.1) is 32.5 Å². The van der Waals surface area contributed by atoms with Crippen molar-refractivity contribution in [3.05, 3.63) is 17.7 Å². The summed E-state index contributed by atoms with van der Waals surface area (Å²) in [4.78, 5) is 14.6. The van der Waals surface area contributed by atoms with Crippen molar-refractivity contribution in [1.82, 2.24) is 4.90 Å². The van der Waals surface area contributed by atoms with E-state index in [9.17, 15) is 4.79 Å². The summed E-state index contributed by atoms with van der Waals surface area (Å²) in [5, 5.41) is 0. The number of amides is 1. The standard InChI is InChI=1S/C18H27NO5/c1-5-21-15-10-14(11-16(22-6-2)17(15)23-7-3)18(20)19-8-9-24-13(4)12-19/h10-11,13H,5-9,12H2,1-4H3/t13-/m0/s1. The molecule has 6 heteroatoms. The Morgan fingerprint density at radius 3 is 2.21 bits per heavy atom. The Balaban J connectivity index is 2.36. The van der Waals surface area contributed by atoms with Crippen molar-refractivity contribution < 1.29 is 23.7 Å². The lowest BCUT2D eigenvalue weighted by Gasteiger charge is -2.31. The van der Waals surface area contributed by atoms with Gasteiger partial charge < -0.3 is 23.8 Å². The number of benzene rings is 1. The molecule has 1 saturated heterocycles. The molecule has 0 aliphatic carbocycles. The Morgan fingerprint density at radius 2 is 1.71 bits per heavy atom. The summed E-state index contributed by atoms with van der Waals surface area (Å²) < 4.78 is 22.5. The highest BCUT2D eigenvalue weighted by Crippen LogP contribution is 2.39. The van der Waals surface area contributed by atoms with Gasteiger partial charge in [-0.15, -0.1) is 0 Å². The van der Waals surface area contributed by atoms with Crippen LogP contribution in [0.5, 0.6) is 17.2 Å². The van der Waals surface area contributed by atoms with Crippen LogP contribution in [0.15, 0.2) is 12.1 Å². The van der Waals surface area contributed by atoms with E-state index in [-0.39, 0.29) is 12.0 Å². The molecule has 1 aromatic rings. The average molecular weight is 337 g/mol. The zero-order valence-corrected chi connectivity index (χ0v) is 15.0. The van der Waals surface area contributed by atoms with Crippen molar-refractivity contribution in [3.8, 4) is 17.2 Å². The van der Waals surface area contributed by atoms with Gasteiger partial charge in [-0.25, -0.2) is 0 Å². The van der Waals surface area contributed by atoms with Crippen LogP contribution in [0.1, 0.15) is 38.1 Å². The van der Waals surface area contributed by atoms with E-state index < -0.39 is 0 Å². The second kappa shape index (κ2) is 8.78. The first-order chi connectivity index (χ1) is 11.6. The van der Waals surface area contributed by atoms with Crippen LogP contribution in [0.4, 0.5) is 0 Å². The summed E-state index contributed by atoms with van der Waals surface area (Å²) in [5.74, 6) is 1.58. The van der Waals surface area contributed by atoms with E-state index in [2.05, 4.69) is 0 Å². The quantitative estimate of drug-likeness (QED) is 0.766. The number of hydrogen-bond acceptors (Lipinski definition) is 5. The molecule has 0 spiro atoms. The molecule has 1 aliphatic rings. The Bertz CT molecular complexity index is 533. The number of ether oxygens (including phenoxy) is 4. The van der Waals surface area contributed by atoms with Crippen molar-refractivity contribution in [1.29, 1.82) is 0 Å². The summed E-state index contributed by atoms with van der Waals surface area (Å²) in [6.07, 6.45) is 0.0446. The third kappa shape index (κ3) is 4.32. The van der Waals surface area contributed by atoms with Gasteiger partial charge in [-0.05, 0) is 39.8 Å². The minimum absolute atomic E-state index is 0.0446. The molecule has 24 heavy (non-hydrogen) atoms. The Hall–Kier alpha value is -1.95. The first kappa shape index (κ1) is 18.4. The summed E-state index contributed by atoms with van der Waals surface area (Å²) in [5.41, 5.74) is 0.541. The van der Waals surface area contributed by atoms with Crippen molar-refractivity contribution in [2.24, 2.45) is 0 Å². The molecule has 1 heterocycles. The average Bonchev–Trinajstić information content (AvgIpc) is 2.57. The van der Waals surface area contributed by atoms with E-state index in [0.717, 1.165) is 0 Å². The van der Waals surface area contributed by atoms with Gasteiger partial charge in [-0.1, -0.05) is 0 Å². The number of rotatable bonds is 7. The van der Waals surface area contributed by atoms with Gasteiger partial charge in [0.25, 0.3) is 5.91 Å². The van der Waals surface area contributed by atoms with E-state index in [0.29, 0.717) is 62.3 Å². The van der Waals surface area contributed by atoms with Gasteiger partial charge in [-0.3, -0.25) is 4.79 Å². The van der Waals surface area contributed by atoms with Crippen LogP contribution in [-0.2, 0) is 4.74 Å². The molecular formula is C18H27NO5. The Morgan fingerprint density at radius 1 is 1.12 bits per heavy atom. The first-order valence-corrected chi connectivity index (χ1v) is 8.57. The largest absolute Gasteiger partial charge is 0.490 e. The second-order valence-electron chi connectivity index (χ2n) is 5.53. The minimum atomic E-state index is -0.0462. The van der Waals surface area contributed by atoms with Gasteiger partial charge >= 0.3 is 0 Å². The fourth-order valence-electron chi connectivity index (χ4n) is 2.70. The van der Waals surface area contributed by atoms with Gasteiger partial charge in [0.15, 0.2) is 11.5 Å². The monoisotopic (exact) mass is 337 g/mol. The molecule has 1 atom stereocenters. The van der Waals surface area contributed by atoms with Crippen molar-refractivity contribution in [2.75, 3.05) is 39.5 Å². The molecule has 1 aliphatic heterocycles. The number of carbonyl (C=O) groups is 1. The molecule has 1 fully saturated rings. The molecule has 1 amide bonds. The SMILES string of the molecule is CCOc1cc(C(=O)N2CCO[C@@H](C)C2)cc(OCC)c1OCC. The normalized spacial score (nSPS) is 17.5. The lowest BCUT2D eigenvalue weighted by atomic mass is 10.1. The molecule has 0 bridgehead atoms. The van der Waals surface area contributed by atoms with Gasteiger partial charge in [0.2, 0.25) is 5.75 Å². The highest BCUT2D eigenvalue weighted by molar-refractivity contribution is 5.95. The molecule has 0 saturated carbocycles. The highest BCUT2D eigenvalue weighted by Gasteiger charge is 2.25. The first-order valence-electron chi connectivity index (χ1n) is 8.57. The zero-order chi connectivity index (χ0) is 17.5. The lowest BCUT2D eigenvalue weighted by Crippen LogP contribution is -2.44. The van der Waals surface area contributed by atoms with Gasteiger partial charge in [-0.2, -0.15) is 0 Å². The lowest BCUT2D eigenvalue weighted by molar-refractivity contribution is -0.0124. The Labute approximate surface area is 143 Å². The second-order valence-corrected chi connectivity index (χ2v) is 5.53. The fraction of sp³-hybridized carbons (Fsp3) is 0.611. The summed E-state index contributed by atoms with van der Waals surface area (Å²) >= 11 is 0. The predicted molar refractivity (Wildman–Crippen MR) is 91.3 cm³/mol. The minimum Gasteiger partial charge on any atom is -0.490 e. The maximum absolute atomic E-state index is 12.8. The van der Waals surface area contributed by atoms with Crippen LogP contribution in [0.3, 0.4) is 0 Å². The molecule has 6 nitrogen and oxygen atoms in total. The van der Waals surface area contributed by atoms with Gasteiger partial charge in [0, 0.05) is 18.7 Å². The summed E-state index contributed by atoms with van der Waals surface area (Å²) in [6, 6.07) is 3.47. The third-order valence-corrected chi connectivity index (χ3v) is 3.68. The maximum Gasteiger partial charge on any atom is 0.254 e. The van der Waals surface area contributed by atoms with Crippen LogP contribution < -0.4 is 14.2 Å². The fourth-order valence-corrected chi connectivity index (χ4v) is 2.70. The summed E-state index contributed by atoms with van der Waals surface area (Å²) in [6.45, 7) is 10.9. The maximum atomic E-state index is 12.8. The van der Waals surface area contributed by atoms with E-state index in [1.54, 1.807) is 17.0 Å². The molecule has 1 aromatic carbocycles. The van der Waals surface area contributed by atoms with Gasteiger partial charge in [0.1, 0.15) is 0 Å². The Kier molecular flexibility index (Phi) is 6.73. The third-order valence-electron chi connectivity index (χ3n) is 3.68. The van der Waals surface area contributed by atoms with Crippen LogP contribution in [-0.4, -0.2) is 56.4 Å². The number of morpholine rings is 1. The van der Waals surface area contributed by atoms with Crippen molar-refractivity contribution in [3.63, 3.8) is 0 Å². The molecule has 0 unspecified atom stereocenters. The van der Waals surface area contributed by atoms with Crippen LogP contribution in [0.25, 0.3) is 0 Å². The van der Waals surface area contributed by atoms with E-state index >= 15 is 0 Å². The number of nitrogens with zero attached hydrogens (tertiary/aromatic N) is 1. The topological polar surface area (TPSA) is 57.2 Å². The number of hydrogen-bond donors (Lipinski definition) is 0. The van der Waals surface area contributed by atoms with Crippen molar-refractivity contribution in [2.45, 2.75) is 33.8 Å². The highest BCUT2D eigenvalue weighted by atomic mass is 16.5. The van der Waals surface area contributed by atoms with Crippen LogP contribution in [0, 0.1) is 0 Å². The van der Waals surface area contributed by atoms with Crippen molar-refractivity contribution >= 4 is 5.91 Å². The van der Waals surface area contributed by atoms with E-state index in [4.69, 9.17) is 18.9 Å². The van der Waals surface area contributed by atoms with E-state index in [1.165, 1.54) is 0 Å². The summed E-state index contributed by atoms with van der Waals surface area (Å²) in [7, 11) is 0. The molecular weight excluding hydrogens is 310 g/mol. The molecule has 0 N–H and O–H groups in total. The molecule has 0 aromatic heterocycles. The van der Waals surface area contributed by atoms with E-state index in [1.807, 2.05) is 27.7 Å². The predicted octanol–water partition coefficient (Wildman–Crippen LogP) is 2.74. The van der Waals surface area contributed by atoms with Crippen LogP contribution in [0.2, 0.25) is 0 Å². The molecule has 0 radical (unpaired) electrons. The number of carbonyl (C=O) groups excluding carboxylic acids is 1. The molecule has 134 valence electrons. The van der Waals surface area contributed by atoms with Crippen LogP contribution >= 0.6 is 0 Å². The zero-order valence-electron chi connectivity index (χ0n) is 15.0.